The molecule has 6 nitrogen and oxygen atoms in total. The van der Waals surface area contributed by atoms with Gasteiger partial charge in [-0.25, -0.2) is 4.52 Å². The molecule has 0 N–H and O–H groups in total. The summed E-state index contributed by atoms with van der Waals surface area (Å²) in [6, 6.07) is 9.06. The zero-order valence-corrected chi connectivity index (χ0v) is 15.7. The van der Waals surface area contributed by atoms with Gasteiger partial charge < -0.3 is 9.47 Å². The van der Waals surface area contributed by atoms with Gasteiger partial charge in [0, 0.05) is 36.1 Å². The molecule has 1 aliphatic heterocycles. The van der Waals surface area contributed by atoms with Crippen molar-refractivity contribution in [3.63, 3.8) is 0 Å². The quantitative estimate of drug-likeness (QED) is 0.696. The van der Waals surface area contributed by atoms with Crippen molar-refractivity contribution >= 4 is 23.0 Å². The molecule has 1 amide bonds. The molecule has 0 spiro atoms. The average molecular weight is 385 g/mol. The van der Waals surface area contributed by atoms with Gasteiger partial charge >= 0.3 is 0 Å². The zero-order valence-electron chi connectivity index (χ0n) is 15.0. The lowest BCUT2D eigenvalue weighted by Crippen LogP contribution is -2.37. The summed E-state index contributed by atoms with van der Waals surface area (Å²) in [4.78, 5) is 27.3. The molecule has 1 saturated heterocycles. The highest BCUT2D eigenvalue weighted by Crippen LogP contribution is 2.20. The highest BCUT2D eigenvalue weighted by molar-refractivity contribution is 6.30. The first-order valence-corrected chi connectivity index (χ1v) is 9.62. The third kappa shape index (κ3) is 3.76. The Morgan fingerprint density at radius 3 is 2.44 bits per heavy atom. The Hall–Kier alpha value is -2.60. The van der Waals surface area contributed by atoms with Crippen molar-refractivity contribution in [3.8, 4) is 11.3 Å². The lowest BCUT2D eigenvalue weighted by atomic mass is 10.1. The monoisotopic (exact) mass is 384 g/mol. The predicted molar refractivity (Wildman–Crippen MR) is 105 cm³/mol. The van der Waals surface area contributed by atoms with Crippen molar-refractivity contribution < 1.29 is 4.79 Å². The standard InChI is InChI=1S/C20H21ClN4O2/c21-16-7-5-15(6-8-16)17-13-18-20(27)24(11-12-25(18)22-17)14-19(26)23-9-3-1-2-4-10-23/h5-8,11-13H,1-4,9-10,14H2. The number of likely N-dealkylation sites (tertiary alicyclic amines) is 1. The Labute approximate surface area is 162 Å². The summed E-state index contributed by atoms with van der Waals surface area (Å²) in [6.45, 7) is 1.63. The van der Waals surface area contributed by atoms with Crippen molar-refractivity contribution in [2.24, 2.45) is 0 Å². The minimum atomic E-state index is -0.214. The largest absolute Gasteiger partial charge is 0.341 e. The molecule has 3 aromatic rings. The van der Waals surface area contributed by atoms with Gasteiger partial charge in [-0.15, -0.1) is 0 Å². The molecule has 0 aliphatic carbocycles. The number of nitrogens with zero attached hydrogens (tertiary/aromatic N) is 4. The fraction of sp³-hybridized carbons (Fsp3) is 0.350. The topological polar surface area (TPSA) is 59.6 Å². The molecular weight excluding hydrogens is 364 g/mol. The normalized spacial score (nSPS) is 15.1. The van der Waals surface area contributed by atoms with Crippen LogP contribution in [0.3, 0.4) is 0 Å². The summed E-state index contributed by atoms with van der Waals surface area (Å²) < 4.78 is 3.02. The molecule has 1 aromatic carbocycles. The first-order valence-electron chi connectivity index (χ1n) is 9.24. The summed E-state index contributed by atoms with van der Waals surface area (Å²) in [6.07, 6.45) is 7.74. The van der Waals surface area contributed by atoms with Crippen molar-refractivity contribution in [1.82, 2.24) is 19.1 Å². The van der Waals surface area contributed by atoms with Gasteiger partial charge in [-0.3, -0.25) is 9.59 Å². The van der Waals surface area contributed by atoms with E-state index in [2.05, 4.69) is 5.10 Å². The molecule has 140 valence electrons. The molecule has 2 aromatic heterocycles. The summed E-state index contributed by atoms with van der Waals surface area (Å²) in [5.41, 5.74) is 1.81. The van der Waals surface area contributed by atoms with Gasteiger partial charge in [0.05, 0.1) is 5.69 Å². The maximum Gasteiger partial charge on any atom is 0.277 e. The first kappa shape index (κ1) is 17.8. The molecule has 0 unspecified atom stereocenters. The van der Waals surface area contributed by atoms with Gasteiger partial charge in [0.25, 0.3) is 5.56 Å². The molecule has 0 bridgehead atoms. The van der Waals surface area contributed by atoms with E-state index < -0.39 is 0 Å². The third-order valence-electron chi connectivity index (χ3n) is 5.01. The number of rotatable bonds is 3. The van der Waals surface area contributed by atoms with E-state index in [-0.39, 0.29) is 18.0 Å². The van der Waals surface area contributed by atoms with Gasteiger partial charge in [0.1, 0.15) is 12.1 Å². The number of aromatic nitrogens is 3. The van der Waals surface area contributed by atoms with Crippen molar-refractivity contribution in [2.45, 2.75) is 32.2 Å². The molecule has 7 heteroatoms. The van der Waals surface area contributed by atoms with E-state index in [0.717, 1.165) is 31.5 Å². The van der Waals surface area contributed by atoms with Gasteiger partial charge in [-0.05, 0) is 31.0 Å². The highest BCUT2D eigenvalue weighted by Gasteiger charge is 2.17. The van der Waals surface area contributed by atoms with Crippen LogP contribution >= 0.6 is 11.6 Å². The number of amides is 1. The number of carbonyl (C=O) groups excluding carboxylic acids is 1. The van der Waals surface area contributed by atoms with Gasteiger partial charge in [0.15, 0.2) is 0 Å². The molecule has 0 atom stereocenters. The minimum Gasteiger partial charge on any atom is -0.341 e. The smallest absolute Gasteiger partial charge is 0.277 e. The van der Waals surface area contributed by atoms with Crippen molar-refractivity contribution in [2.75, 3.05) is 13.1 Å². The van der Waals surface area contributed by atoms with Gasteiger partial charge in [-0.2, -0.15) is 5.10 Å². The van der Waals surface area contributed by atoms with Gasteiger partial charge in [-0.1, -0.05) is 36.6 Å². The van der Waals surface area contributed by atoms with E-state index in [1.54, 1.807) is 35.1 Å². The maximum atomic E-state index is 12.8. The summed E-state index contributed by atoms with van der Waals surface area (Å²) >= 11 is 5.93. The Balaban J connectivity index is 1.61. The van der Waals surface area contributed by atoms with Crippen LogP contribution in [-0.4, -0.2) is 38.1 Å². The second kappa shape index (κ2) is 7.56. The molecule has 4 rings (SSSR count). The van der Waals surface area contributed by atoms with E-state index >= 15 is 0 Å². The van der Waals surface area contributed by atoms with E-state index in [0.29, 0.717) is 16.2 Å². The van der Waals surface area contributed by atoms with Crippen LogP contribution in [0.25, 0.3) is 16.8 Å². The zero-order chi connectivity index (χ0) is 18.8. The van der Waals surface area contributed by atoms with E-state index in [4.69, 9.17) is 11.6 Å². The fourth-order valence-corrected chi connectivity index (χ4v) is 3.60. The fourth-order valence-electron chi connectivity index (χ4n) is 3.48. The van der Waals surface area contributed by atoms with Crippen LogP contribution in [-0.2, 0) is 11.3 Å². The molecule has 27 heavy (non-hydrogen) atoms. The van der Waals surface area contributed by atoms with Crippen LogP contribution < -0.4 is 5.56 Å². The number of hydrogen-bond acceptors (Lipinski definition) is 3. The lowest BCUT2D eigenvalue weighted by molar-refractivity contribution is -0.131. The van der Waals surface area contributed by atoms with Crippen molar-refractivity contribution in [3.05, 3.63) is 58.1 Å². The highest BCUT2D eigenvalue weighted by atomic mass is 35.5. The molecule has 3 heterocycles. The average Bonchev–Trinajstić information content (AvgIpc) is 2.92. The number of benzene rings is 1. The summed E-state index contributed by atoms with van der Waals surface area (Å²) in [5.74, 6) is 0.000732. The van der Waals surface area contributed by atoms with Crippen molar-refractivity contribution in [1.29, 1.82) is 0 Å². The van der Waals surface area contributed by atoms with Crippen LogP contribution in [0.4, 0.5) is 0 Å². The Bertz CT molecular complexity index is 1010. The van der Waals surface area contributed by atoms with E-state index in [1.807, 2.05) is 17.0 Å². The molecule has 1 fully saturated rings. The Kier molecular flexibility index (Phi) is 4.99. The van der Waals surface area contributed by atoms with Gasteiger partial charge in [0.2, 0.25) is 5.91 Å². The second-order valence-electron chi connectivity index (χ2n) is 6.89. The van der Waals surface area contributed by atoms with Crippen LogP contribution in [0.1, 0.15) is 25.7 Å². The SMILES string of the molecule is O=C(Cn1ccn2nc(-c3ccc(Cl)cc3)cc2c1=O)N1CCCCCC1. The predicted octanol–water partition coefficient (Wildman–Crippen LogP) is 3.22. The molecule has 0 saturated carbocycles. The lowest BCUT2D eigenvalue weighted by Gasteiger charge is -2.20. The third-order valence-corrected chi connectivity index (χ3v) is 5.26. The Morgan fingerprint density at radius 1 is 1.04 bits per heavy atom. The summed E-state index contributed by atoms with van der Waals surface area (Å²) in [7, 11) is 0. The van der Waals surface area contributed by atoms with Crippen LogP contribution in [0.2, 0.25) is 5.02 Å². The molecule has 1 aliphatic rings. The number of fused-ring (bicyclic) bond motifs is 1. The summed E-state index contributed by atoms with van der Waals surface area (Å²) in [5, 5.41) is 5.11. The molecule has 0 radical (unpaired) electrons. The van der Waals surface area contributed by atoms with Crippen LogP contribution in [0.5, 0.6) is 0 Å². The number of carbonyl (C=O) groups is 1. The molecular formula is C20H21ClN4O2. The van der Waals surface area contributed by atoms with E-state index in [9.17, 15) is 9.59 Å². The van der Waals surface area contributed by atoms with Crippen LogP contribution in [0, 0.1) is 0 Å². The number of hydrogen-bond donors (Lipinski definition) is 0. The Morgan fingerprint density at radius 2 is 1.74 bits per heavy atom. The number of halogens is 1. The second-order valence-corrected chi connectivity index (χ2v) is 7.33. The maximum absolute atomic E-state index is 12.8. The van der Waals surface area contributed by atoms with E-state index in [1.165, 1.54) is 17.4 Å². The minimum absolute atomic E-state index is 0.000732. The first-order chi connectivity index (χ1) is 13.1. The van der Waals surface area contributed by atoms with Crippen LogP contribution in [0.15, 0.2) is 47.5 Å².